The Morgan fingerprint density at radius 3 is 2.62 bits per heavy atom. The number of pyridine rings is 1. The fraction of sp³-hybridized carbons (Fsp3) is 0.286. The molecule has 0 radical (unpaired) electrons. The van der Waals surface area contributed by atoms with E-state index in [4.69, 9.17) is 4.42 Å². The Morgan fingerprint density at radius 2 is 1.93 bits per heavy atom. The van der Waals surface area contributed by atoms with Gasteiger partial charge in [0.25, 0.3) is 5.91 Å². The molecule has 29 heavy (non-hydrogen) atoms. The number of fused-ring (bicyclic) bond motifs is 1. The van der Waals surface area contributed by atoms with Crippen molar-refractivity contribution in [3.63, 3.8) is 0 Å². The number of urea groups is 1. The molecule has 1 aromatic carbocycles. The molecule has 8 heteroatoms. The first-order chi connectivity index (χ1) is 13.8. The third-order valence-electron chi connectivity index (χ3n) is 4.66. The molecule has 3 N–H and O–H groups in total. The van der Waals surface area contributed by atoms with Gasteiger partial charge in [-0.05, 0) is 37.1 Å². The number of furan rings is 1. The number of nitrogens with one attached hydrogen (secondary N) is 3. The number of hydrogen-bond acceptors (Lipinski definition) is 4. The number of rotatable bonds is 5. The van der Waals surface area contributed by atoms with Gasteiger partial charge >= 0.3 is 6.03 Å². The van der Waals surface area contributed by atoms with E-state index in [1.807, 2.05) is 20.8 Å². The highest BCUT2D eigenvalue weighted by atomic mass is 19.1. The topological polar surface area (TPSA) is 96.3 Å². The van der Waals surface area contributed by atoms with E-state index in [0.29, 0.717) is 28.0 Å². The summed E-state index contributed by atoms with van der Waals surface area (Å²) in [5, 5.41) is 8.76. The molecule has 3 aromatic rings. The van der Waals surface area contributed by atoms with Crippen LogP contribution in [0.15, 0.2) is 41.1 Å². The van der Waals surface area contributed by atoms with Crippen molar-refractivity contribution in [2.75, 3.05) is 12.4 Å². The van der Waals surface area contributed by atoms with Crippen LogP contribution in [-0.4, -0.2) is 24.0 Å². The van der Waals surface area contributed by atoms with Gasteiger partial charge in [0.05, 0.1) is 23.5 Å². The van der Waals surface area contributed by atoms with E-state index in [1.165, 1.54) is 37.6 Å². The molecule has 0 fully saturated rings. The summed E-state index contributed by atoms with van der Waals surface area (Å²) in [5.74, 6) is -0.0526. The van der Waals surface area contributed by atoms with Crippen molar-refractivity contribution < 1.29 is 18.4 Å². The molecule has 0 aliphatic heterocycles. The van der Waals surface area contributed by atoms with Crippen molar-refractivity contribution in [3.8, 4) is 0 Å². The molecule has 0 aliphatic rings. The minimum absolute atomic E-state index is 0.0141. The second-order valence-corrected chi connectivity index (χ2v) is 7.09. The first-order valence-electron chi connectivity index (χ1n) is 9.23. The van der Waals surface area contributed by atoms with Gasteiger partial charge in [0, 0.05) is 24.2 Å². The minimum Gasteiger partial charge on any atom is -0.459 e. The van der Waals surface area contributed by atoms with E-state index in [0.717, 1.165) is 5.56 Å². The van der Waals surface area contributed by atoms with Crippen molar-refractivity contribution in [2.24, 2.45) is 5.92 Å². The first-order valence-corrected chi connectivity index (χ1v) is 9.23. The summed E-state index contributed by atoms with van der Waals surface area (Å²) in [5.41, 5.74) is 2.06. The zero-order chi connectivity index (χ0) is 21.1. The molecule has 152 valence electrons. The van der Waals surface area contributed by atoms with Gasteiger partial charge in [-0.1, -0.05) is 13.8 Å². The molecule has 2 heterocycles. The van der Waals surface area contributed by atoms with Gasteiger partial charge in [-0.15, -0.1) is 0 Å². The number of amides is 3. The van der Waals surface area contributed by atoms with E-state index < -0.39 is 12.1 Å². The lowest BCUT2D eigenvalue weighted by molar-refractivity contribution is 0.0962. The lowest BCUT2D eigenvalue weighted by Crippen LogP contribution is -2.35. The second kappa shape index (κ2) is 8.30. The Labute approximate surface area is 167 Å². The van der Waals surface area contributed by atoms with E-state index >= 15 is 0 Å². The number of nitrogens with zero attached hydrogens (tertiary/aromatic N) is 1. The second-order valence-electron chi connectivity index (χ2n) is 7.09. The third kappa shape index (κ3) is 4.37. The Bertz CT molecular complexity index is 1060. The van der Waals surface area contributed by atoms with Crippen LogP contribution in [0.3, 0.4) is 0 Å². The van der Waals surface area contributed by atoms with Crippen molar-refractivity contribution in [1.82, 2.24) is 15.6 Å². The largest absolute Gasteiger partial charge is 0.459 e. The fourth-order valence-electron chi connectivity index (χ4n) is 3.13. The predicted molar refractivity (Wildman–Crippen MR) is 108 cm³/mol. The van der Waals surface area contributed by atoms with Crippen molar-refractivity contribution in [1.29, 1.82) is 0 Å². The molecule has 0 unspecified atom stereocenters. The number of halogens is 1. The summed E-state index contributed by atoms with van der Waals surface area (Å²) in [7, 11) is 1.52. The molecule has 0 spiro atoms. The Morgan fingerprint density at radius 1 is 1.17 bits per heavy atom. The van der Waals surface area contributed by atoms with Crippen LogP contribution in [0.2, 0.25) is 0 Å². The highest BCUT2D eigenvalue weighted by Gasteiger charge is 2.25. The normalized spacial score (nSPS) is 12.1. The highest BCUT2D eigenvalue weighted by Crippen LogP contribution is 2.33. The summed E-state index contributed by atoms with van der Waals surface area (Å²) in [6.07, 6.45) is 2.86. The number of carbonyl (C=O) groups excluding carboxylic acids is 2. The maximum absolute atomic E-state index is 13.6. The fourth-order valence-corrected chi connectivity index (χ4v) is 3.13. The number of anilines is 1. The SMILES string of the molecule is CNC(=O)c1cncc(NC(=O)N[C@@H](c2oc3ccc(F)cc3c2C)C(C)C)c1. The molecule has 1 atom stereocenters. The molecule has 0 saturated carbocycles. The smallest absolute Gasteiger partial charge is 0.319 e. The first kappa shape index (κ1) is 20.3. The zero-order valence-corrected chi connectivity index (χ0v) is 16.7. The van der Waals surface area contributed by atoms with Gasteiger partial charge < -0.3 is 20.4 Å². The summed E-state index contributed by atoms with van der Waals surface area (Å²) < 4.78 is 19.5. The summed E-state index contributed by atoms with van der Waals surface area (Å²) in [4.78, 5) is 28.3. The van der Waals surface area contributed by atoms with Crippen LogP contribution >= 0.6 is 0 Å². The van der Waals surface area contributed by atoms with Crippen LogP contribution < -0.4 is 16.0 Å². The van der Waals surface area contributed by atoms with E-state index in [2.05, 4.69) is 20.9 Å². The van der Waals surface area contributed by atoms with Gasteiger partial charge in [0.15, 0.2) is 0 Å². The predicted octanol–water partition coefficient (Wildman–Crippen LogP) is 4.15. The Kier molecular flexibility index (Phi) is 5.81. The minimum atomic E-state index is -0.467. The van der Waals surface area contributed by atoms with E-state index in [-0.39, 0.29) is 17.6 Å². The molecule has 2 aromatic heterocycles. The van der Waals surface area contributed by atoms with Crippen molar-refractivity contribution in [3.05, 3.63) is 59.4 Å². The van der Waals surface area contributed by atoms with Crippen LogP contribution in [0.1, 0.15) is 41.6 Å². The number of hydrogen-bond donors (Lipinski definition) is 3. The van der Waals surface area contributed by atoms with Gasteiger partial charge in [-0.25, -0.2) is 9.18 Å². The molecular formula is C21H23FN4O3. The maximum Gasteiger partial charge on any atom is 0.319 e. The average Bonchev–Trinajstić information content (AvgIpc) is 3.01. The van der Waals surface area contributed by atoms with Crippen LogP contribution in [-0.2, 0) is 0 Å². The van der Waals surface area contributed by atoms with Gasteiger partial charge in [0.1, 0.15) is 17.2 Å². The lowest BCUT2D eigenvalue weighted by Gasteiger charge is -2.21. The maximum atomic E-state index is 13.6. The van der Waals surface area contributed by atoms with Crippen LogP contribution in [0.5, 0.6) is 0 Å². The standard InChI is InChI=1S/C21H23FN4O3/c1-11(2)18(19-12(3)16-8-14(22)5-6-17(16)29-19)26-21(28)25-15-7-13(9-24-10-15)20(27)23-4/h5-11,18H,1-4H3,(H,23,27)(H2,25,26,28)/t18-/m1/s1. The Hall–Kier alpha value is -3.42. The number of carbonyl (C=O) groups is 2. The van der Waals surface area contributed by atoms with Crippen molar-refractivity contribution >= 4 is 28.6 Å². The molecule has 7 nitrogen and oxygen atoms in total. The van der Waals surface area contributed by atoms with Crippen molar-refractivity contribution in [2.45, 2.75) is 26.8 Å². The monoisotopic (exact) mass is 398 g/mol. The molecule has 0 aliphatic carbocycles. The van der Waals surface area contributed by atoms with Crippen LogP contribution in [0.25, 0.3) is 11.0 Å². The number of aromatic nitrogens is 1. The van der Waals surface area contributed by atoms with E-state index in [1.54, 1.807) is 6.07 Å². The molecule has 3 amide bonds. The summed E-state index contributed by atoms with van der Waals surface area (Å²) in [6, 6.07) is 4.97. The summed E-state index contributed by atoms with van der Waals surface area (Å²) >= 11 is 0. The third-order valence-corrected chi connectivity index (χ3v) is 4.66. The van der Waals surface area contributed by atoms with E-state index in [9.17, 15) is 14.0 Å². The molecular weight excluding hydrogens is 375 g/mol. The van der Waals surface area contributed by atoms with Gasteiger partial charge in [0.2, 0.25) is 0 Å². The molecule has 3 rings (SSSR count). The lowest BCUT2D eigenvalue weighted by atomic mass is 9.98. The highest BCUT2D eigenvalue weighted by molar-refractivity contribution is 5.96. The number of benzene rings is 1. The molecule has 0 saturated heterocycles. The number of aryl methyl sites for hydroxylation is 1. The van der Waals surface area contributed by atoms with Crippen LogP contribution in [0.4, 0.5) is 14.9 Å². The zero-order valence-electron chi connectivity index (χ0n) is 16.7. The quantitative estimate of drug-likeness (QED) is 0.601. The summed E-state index contributed by atoms with van der Waals surface area (Å²) in [6.45, 7) is 5.74. The van der Waals surface area contributed by atoms with Gasteiger partial charge in [-0.3, -0.25) is 9.78 Å². The van der Waals surface area contributed by atoms with Crippen LogP contribution in [0, 0.1) is 18.7 Å². The Balaban J connectivity index is 1.82. The molecule has 0 bridgehead atoms. The van der Waals surface area contributed by atoms with Gasteiger partial charge in [-0.2, -0.15) is 0 Å². The average molecular weight is 398 g/mol.